The first kappa shape index (κ1) is 16.7. The Labute approximate surface area is 122 Å². The number of anilines is 2. The highest BCUT2D eigenvalue weighted by molar-refractivity contribution is 5.47. The SMILES string of the molecule is CN(C)CCCCNc1cc(NN)nc(C(C)(C)C)n1. The summed E-state index contributed by atoms with van der Waals surface area (Å²) in [5.41, 5.74) is 2.50. The highest BCUT2D eigenvalue weighted by Crippen LogP contribution is 2.21. The maximum Gasteiger partial charge on any atom is 0.145 e. The standard InChI is InChI=1S/C14H28N6/c1-14(2,3)13-17-11(10-12(18-13)19-15)16-8-6-7-9-20(4)5/h10H,6-9,15H2,1-5H3,(H2,16,17,18,19). The summed E-state index contributed by atoms with van der Waals surface area (Å²) in [6.45, 7) is 8.27. The van der Waals surface area contributed by atoms with Gasteiger partial charge >= 0.3 is 0 Å². The van der Waals surface area contributed by atoms with Crippen LogP contribution in [0.3, 0.4) is 0 Å². The lowest BCUT2D eigenvalue weighted by atomic mass is 9.96. The van der Waals surface area contributed by atoms with Gasteiger partial charge in [0.15, 0.2) is 0 Å². The largest absolute Gasteiger partial charge is 0.370 e. The molecular weight excluding hydrogens is 252 g/mol. The minimum Gasteiger partial charge on any atom is -0.370 e. The van der Waals surface area contributed by atoms with Crippen LogP contribution in [-0.4, -0.2) is 42.1 Å². The Balaban J connectivity index is 2.61. The third-order valence-electron chi connectivity index (χ3n) is 2.88. The summed E-state index contributed by atoms with van der Waals surface area (Å²) in [5, 5.41) is 3.34. The number of nitrogens with zero attached hydrogens (tertiary/aromatic N) is 3. The monoisotopic (exact) mass is 280 g/mol. The number of nitrogens with one attached hydrogen (secondary N) is 2. The normalized spacial score (nSPS) is 11.8. The molecule has 0 spiro atoms. The molecule has 0 atom stereocenters. The first-order chi connectivity index (χ1) is 9.32. The molecular formula is C14H28N6. The van der Waals surface area contributed by atoms with Crippen LogP contribution in [0, 0.1) is 0 Å². The van der Waals surface area contributed by atoms with Gasteiger partial charge in [-0.1, -0.05) is 20.8 Å². The number of nitrogen functional groups attached to an aromatic ring is 1. The van der Waals surface area contributed by atoms with Crippen LogP contribution in [0.5, 0.6) is 0 Å². The van der Waals surface area contributed by atoms with E-state index in [9.17, 15) is 0 Å². The Kier molecular flexibility index (Phi) is 6.16. The molecule has 0 saturated heterocycles. The number of hydrogen-bond donors (Lipinski definition) is 3. The quantitative estimate of drug-likeness (QED) is 0.402. The molecule has 1 aromatic heterocycles. The Morgan fingerprint density at radius 1 is 1.15 bits per heavy atom. The van der Waals surface area contributed by atoms with E-state index in [1.165, 1.54) is 6.42 Å². The van der Waals surface area contributed by atoms with Crippen molar-refractivity contribution in [3.8, 4) is 0 Å². The predicted octanol–water partition coefficient (Wildman–Crippen LogP) is 1.81. The summed E-state index contributed by atoms with van der Waals surface area (Å²) < 4.78 is 0. The predicted molar refractivity (Wildman–Crippen MR) is 84.8 cm³/mol. The van der Waals surface area contributed by atoms with Crippen molar-refractivity contribution in [1.29, 1.82) is 0 Å². The lowest BCUT2D eigenvalue weighted by molar-refractivity contribution is 0.396. The lowest BCUT2D eigenvalue weighted by Crippen LogP contribution is -2.20. The van der Waals surface area contributed by atoms with Gasteiger partial charge in [0.1, 0.15) is 17.5 Å². The van der Waals surface area contributed by atoms with Crippen LogP contribution >= 0.6 is 0 Å². The molecule has 6 nitrogen and oxygen atoms in total. The number of hydrogen-bond acceptors (Lipinski definition) is 6. The highest BCUT2D eigenvalue weighted by Gasteiger charge is 2.18. The molecule has 0 aromatic carbocycles. The Morgan fingerprint density at radius 2 is 1.80 bits per heavy atom. The summed E-state index contributed by atoms with van der Waals surface area (Å²) in [6, 6.07) is 1.83. The van der Waals surface area contributed by atoms with Crippen LogP contribution < -0.4 is 16.6 Å². The van der Waals surface area contributed by atoms with E-state index in [2.05, 4.69) is 60.5 Å². The molecule has 0 radical (unpaired) electrons. The molecule has 0 aliphatic heterocycles. The van der Waals surface area contributed by atoms with E-state index in [1.807, 2.05) is 6.07 Å². The molecule has 0 bridgehead atoms. The molecule has 0 unspecified atom stereocenters. The zero-order valence-electron chi connectivity index (χ0n) is 13.3. The Morgan fingerprint density at radius 3 is 2.35 bits per heavy atom. The average Bonchev–Trinajstić information content (AvgIpc) is 2.36. The van der Waals surface area contributed by atoms with Crippen molar-refractivity contribution in [2.45, 2.75) is 39.0 Å². The molecule has 1 rings (SSSR count). The van der Waals surface area contributed by atoms with Crippen molar-refractivity contribution in [3.63, 3.8) is 0 Å². The molecule has 0 saturated carbocycles. The molecule has 20 heavy (non-hydrogen) atoms. The van der Waals surface area contributed by atoms with Crippen molar-refractivity contribution < 1.29 is 0 Å². The molecule has 0 fully saturated rings. The molecule has 1 aromatic rings. The maximum absolute atomic E-state index is 5.47. The minimum atomic E-state index is -0.103. The van der Waals surface area contributed by atoms with Crippen LogP contribution in [0.25, 0.3) is 0 Å². The first-order valence-corrected chi connectivity index (χ1v) is 7.07. The van der Waals surface area contributed by atoms with Crippen LogP contribution in [-0.2, 0) is 5.41 Å². The third kappa shape index (κ3) is 5.71. The van der Waals surface area contributed by atoms with Gasteiger partial charge in [-0.2, -0.15) is 0 Å². The van der Waals surface area contributed by atoms with Gasteiger partial charge in [0.25, 0.3) is 0 Å². The van der Waals surface area contributed by atoms with E-state index in [0.29, 0.717) is 5.82 Å². The fourth-order valence-corrected chi connectivity index (χ4v) is 1.72. The van der Waals surface area contributed by atoms with Crippen LogP contribution in [0.4, 0.5) is 11.6 Å². The summed E-state index contributed by atoms with van der Waals surface area (Å²) in [4.78, 5) is 11.1. The van der Waals surface area contributed by atoms with Crippen molar-refractivity contribution in [2.75, 3.05) is 37.9 Å². The second-order valence-corrected chi connectivity index (χ2v) is 6.29. The van der Waals surface area contributed by atoms with Crippen molar-refractivity contribution in [2.24, 2.45) is 5.84 Å². The molecule has 0 aliphatic rings. The minimum absolute atomic E-state index is 0.103. The van der Waals surface area contributed by atoms with E-state index >= 15 is 0 Å². The van der Waals surface area contributed by atoms with E-state index in [1.54, 1.807) is 0 Å². The number of rotatable bonds is 7. The van der Waals surface area contributed by atoms with E-state index in [-0.39, 0.29) is 5.41 Å². The summed E-state index contributed by atoms with van der Waals surface area (Å²) in [5.74, 6) is 7.71. The number of unbranched alkanes of at least 4 members (excludes halogenated alkanes) is 1. The second-order valence-electron chi connectivity index (χ2n) is 6.29. The number of hydrazine groups is 1. The van der Waals surface area contributed by atoms with E-state index < -0.39 is 0 Å². The zero-order valence-corrected chi connectivity index (χ0v) is 13.3. The van der Waals surface area contributed by atoms with E-state index in [4.69, 9.17) is 5.84 Å². The summed E-state index contributed by atoms with van der Waals surface area (Å²) in [7, 11) is 4.18. The zero-order chi connectivity index (χ0) is 15.2. The second kappa shape index (κ2) is 7.40. The number of aromatic nitrogens is 2. The Bertz CT molecular complexity index is 411. The average molecular weight is 280 g/mol. The van der Waals surface area contributed by atoms with Crippen molar-refractivity contribution in [1.82, 2.24) is 14.9 Å². The molecule has 114 valence electrons. The van der Waals surface area contributed by atoms with Gasteiger partial charge in [0.05, 0.1) is 0 Å². The fourth-order valence-electron chi connectivity index (χ4n) is 1.72. The van der Waals surface area contributed by atoms with Gasteiger partial charge in [0, 0.05) is 18.0 Å². The number of nitrogens with two attached hydrogens (primary N) is 1. The molecule has 1 heterocycles. The summed E-state index contributed by atoms with van der Waals surface area (Å²) in [6.07, 6.45) is 2.28. The van der Waals surface area contributed by atoms with Gasteiger partial charge < -0.3 is 15.6 Å². The van der Waals surface area contributed by atoms with Crippen molar-refractivity contribution >= 4 is 11.6 Å². The topological polar surface area (TPSA) is 79.1 Å². The van der Waals surface area contributed by atoms with E-state index in [0.717, 1.165) is 31.2 Å². The van der Waals surface area contributed by atoms with Crippen LogP contribution in [0.15, 0.2) is 6.07 Å². The third-order valence-corrected chi connectivity index (χ3v) is 2.88. The maximum atomic E-state index is 5.47. The first-order valence-electron chi connectivity index (χ1n) is 7.07. The van der Waals surface area contributed by atoms with Crippen LogP contribution in [0.1, 0.15) is 39.4 Å². The van der Waals surface area contributed by atoms with Gasteiger partial charge in [0.2, 0.25) is 0 Å². The highest BCUT2D eigenvalue weighted by atomic mass is 15.3. The summed E-state index contributed by atoms with van der Waals surface area (Å²) >= 11 is 0. The lowest BCUT2D eigenvalue weighted by Gasteiger charge is -2.18. The molecule has 6 heteroatoms. The molecule has 0 amide bonds. The molecule has 4 N–H and O–H groups in total. The van der Waals surface area contributed by atoms with Gasteiger partial charge in [-0.3, -0.25) is 0 Å². The van der Waals surface area contributed by atoms with Crippen LogP contribution in [0.2, 0.25) is 0 Å². The van der Waals surface area contributed by atoms with Gasteiger partial charge in [-0.05, 0) is 33.5 Å². The van der Waals surface area contributed by atoms with Crippen molar-refractivity contribution in [3.05, 3.63) is 11.9 Å². The fraction of sp³-hybridized carbons (Fsp3) is 0.714. The Hall–Kier alpha value is -1.40. The van der Waals surface area contributed by atoms with Gasteiger partial charge in [-0.25, -0.2) is 15.8 Å². The smallest absolute Gasteiger partial charge is 0.145 e. The van der Waals surface area contributed by atoms with Gasteiger partial charge in [-0.15, -0.1) is 0 Å². The molecule has 0 aliphatic carbocycles.